The molecule has 1 aromatic rings. The van der Waals surface area contributed by atoms with Crippen LogP contribution in [0.3, 0.4) is 0 Å². The molecule has 0 spiro atoms. The highest BCUT2D eigenvalue weighted by atomic mass is 35.5. The molecule has 0 radical (unpaired) electrons. The van der Waals surface area contributed by atoms with Crippen LogP contribution in [0.4, 0.5) is 4.39 Å². The Labute approximate surface area is 113 Å². The molecular weight excluding hydrogens is 255 g/mol. The lowest BCUT2D eigenvalue weighted by atomic mass is 10.0. The van der Waals surface area contributed by atoms with E-state index in [0.717, 1.165) is 5.56 Å². The summed E-state index contributed by atoms with van der Waals surface area (Å²) in [6, 6.07) is 6.18. The first-order chi connectivity index (χ1) is 7.93. The molecule has 3 N–H and O–H groups in total. The van der Waals surface area contributed by atoms with Crippen molar-refractivity contribution in [2.24, 2.45) is 5.73 Å². The molecule has 1 amide bonds. The maximum atomic E-state index is 12.7. The Balaban J connectivity index is 0.00000289. The minimum absolute atomic E-state index is 0. The summed E-state index contributed by atoms with van der Waals surface area (Å²) in [4.78, 5) is 11.6. The number of carbonyl (C=O) groups excluding carboxylic acids is 1. The largest absolute Gasteiger partial charge is 0.350 e. The van der Waals surface area contributed by atoms with Gasteiger partial charge in [-0.05, 0) is 38.0 Å². The van der Waals surface area contributed by atoms with Crippen LogP contribution in [0, 0.1) is 5.82 Å². The third-order valence-electron chi connectivity index (χ3n) is 2.54. The van der Waals surface area contributed by atoms with Gasteiger partial charge in [-0.15, -0.1) is 12.4 Å². The van der Waals surface area contributed by atoms with Crippen LogP contribution in [0.25, 0.3) is 0 Å². The second-order valence-corrected chi connectivity index (χ2v) is 4.76. The molecule has 0 heterocycles. The fourth-order valence-corrected chi connectivity index (χ4v) is 1.40. The molecule has 1 aromatic carbocycles. The summed E-state index contributed by atoms with van der Waals surface area (Å²) in [6.07, 6.45) is 0.988. The Morgan fingerprint density at radius 1 is 1.33 bits per heavy atom. The minimum Gasteiger partial charge on any atom is -0.350 e. The van der Waals surface area contributed by atoms with E-state index in [9.17, 15) is 9.18 Å². The van der Waals surface area contributed by atoms with Crippen molar-refractivity contribution in [1.29, 1.82) is 0 Å². The van der Waals surface area contributed by atoms with Crippen molar-refractivity contribution in [3.8, 4) is 0 Å². The van der Waals surface area contributed by atoms with Gasteiger partial charge in [0.1, 0.15) is 5.82 Å². The molecule has 0 saturated heterocycles. The number of hydrogen-bond acceptors (Lipinski definition) is 2. The molecule has 0 fully saturated rings. The van der Waals surface area contributed by atoms with Crippen LogP contribution >= 0.6 is 12.4 Å². The van der Waals surface area contributed by atoms with E-state index in [2.05, 4.69) is 5.32 Å². The molecule has 0 aliphatic carbocycles. The Morgan fingerprint density at radius 2 is 1.89 bits per heavy atom. The highest BCUT2D eigenvalue weighted by molar-refractivity contribution is 5.85. The number of amides is 1. The fourth-order valence-electron chi connectivity index (χ4n) is 1.40. The lowest BCUT2D eigenvalue weighted by molar-refractivity contribution is -0.122. The van der Waals surface area contributed by atoms with E-state index in [1.54, 1.807) is 12.1 Å². The van der Waals surface area contributed by atoms with Gasteiger partial charge in [0.05, 0.1) is 0 Å². The smallest absolute Gasteiger partial charge is 0.220 e. The van der Waals surface area contributed by atoms with Gasteiger partial charge in [-0.1, -0.05) is 12.1 Å². The van der Waals surface area contributed by atoms with Crippen LogP contribution < -0.4 is 11.1 Å². The number of carbonyl (C=O) groups is 1. The zero-order valence-corrected chi connectivity index (χ0v) is 11.5. The van der Waals surface area contributed by atoms with E-state index in [0.29, 0.717) is 19.4 Å². The summed E-state index contributed by atoms with van der Waals surface area (Å²) in [5.41, 5.74) is 6.10. The third-order valence-corrected chi connectivity index (χ3v) is 2.54. The Hall–Kier alpha value is -1.13. The second-order valence-electron chi connectivity index (χ2n) is 4.76. The number of hydrogen-bond donors (Lipinski definition) is 2. The standard InChI is InChI=1S/C13H19FN2O.ClH/c1-13(2,9-15)16-12(17)8-5-10-3-6-11(14)7-4-10;/h3-4,6-7H,5,8-9,15H2,1-2H3,(H,16,17);1H. The van der Waals surface area contributed by atoms with E-state index < -0.39 is 0 Å². The van der Waals surface area contributed by atoms with E-state index >= 15 is 0 Å². The van der Waals surface area contributed by atoms with E-state index in [1.165, 1.54) is 12.1 Å². The molecule has 3 nitrogen and oxygen atoms in total. The van der Waals surface area contributed by atoms with E-state index in [4.69, 9.17) is 5.73 Å². The number of aryl methyl sites for hydroxylation is 1. The van der Waals surface area contributed by atoms with Gasteiger partial charge >= 0.3 is 0 Å². The van der Waals surface area contributed by atoms with E-state index in [-0.39, 0.29) is 29.7 Å². The highest BCUT2D eigenvalue weighted by Crippen LogP contribution is 2.06. The lowest BCUT2D eigenvalue weighted by Gasteiger charge is -2.24. The normalized spacial score (nSPS) is 10.7. The summed E-state index contributed by atoms with van der Waals surface area (Å²) in [6.45, 7) is 4.15. The Kier molecular flexibility index (Phi) is 6.88. The maximum absolute atomic E-state index is 12.7. The number of nitrogens with two attached hydrogens (primary N) is 1. The van der Waals surface area contributed by atoms with Crippen molar-refractivity contribution in [2.75, 3.05) is 6.54 Å². The molecule has 0 saturated carbocycles. The SMILES string of the molecule is CC(C)(CN)NC(=O)CCc1ccc(F)cc1.Cl. The monoisotopic (exact) mass is 274 g/mol. The zero-order chi connectivity index (χ0) is 12.9. The molecule has 0 unspecified atom stereocenters. The quantitative estimate of drug-likeness (QED) is 0.863. The van der Waals surface area contributed by atoms with Crippen molar-refractivity contribution in [1.82, 2.24) is 5.32 Å². The first-order valence-corrected chi connectivity index (χ1v) is 5.68. The first-order valence-electron chi connectivity index (χ1n) is 5.68. The van der Waals surface area contributed by atoms with E-state index in [1.807, 2.05) is 13.8 Å². The summed E-state index contributed by atoms with van der Waals surface area (Å²) in [5.74, 6) is -0.299. The van der Waals surface area contributed by atoms with Gasteiger partial charge in [-0.2, -0.15) is 0 Å². The van der Waals surface area contributed by atoms with Crippen molar-refractivity contribution in [3.05, 3.63) is 35.6 Å². The topological polar surface area (TPSA) is 55.1 Å². The third kappa shape index (κ3) is 5.98. The molecule has 102 valence electrons. The van der Waals surface area contributed by atoms with Crippen molar-refractivity contribution in [3.63, 3.8) is 0 Å². The zero-order valence-electron chi connectivity index (χ0n) is 10.7. The summed E-state index contributed by atoms with van der Waals surface area (Å²) in [5, 5.41) is 2.85. The van der Waals surface area contributed by atoms with Gasteiger partial charge in [0.25, 0.3) is 0 Å². The number of rotatable bonds is 5. The molecule has 0 bridgehead atoms. The average Bonchev–Trinajstić information content (AvgIpc) is 2.28. The minimum atomic E-state index is -0.375. The molecule has 18 heavy (non-hydrogen) atoms. The Morgan fingerprint density at radius 3 is 2.39 bits per heavy atom. The average molecular weight is 275 g/mol. The molecule has 0 aromatic heterocycles. The van der Waals surface area contributed by atoms with Gasteiger partial charge < -0.3 is 11.1 Å². The lowest BCUT2D eigenvalue weighted by Crippen LogP contribution is -2.48. The molecule has 5 heteroatoms. The summed E-state index contributed by atoms with van der Waals surface area (Å²) >= 11 is 0. The predicted octanol–water partition coefficient (Wildman–Crippen LogP) is 2.03. The second kappa shape index (κ2) is 7.34. The number of halogens is 2. The highest BCUT2D eigenvalue weighted by Gasteiger charge is 2.17. The van der Waals surface area contributed by atoms with Crippen LogP contribution in [0.5, 0.6) is 0 Å². The van der Waals surface area contributed by atoms with Gasteiger partial charge in [-0.25, -0.2) is 4.39 Å². The molecular formula is C13H20ClFN2O. The van der Waals surface area contributed by atoms with Crippen molar-refractivity contribution >= 4 is 18.3 Å². The maximum Gasteiger partial charge on any atom is 0.220 e. The number of benzene rings is 1. The molecule has 0 aliphatic rings. The molecule has 0 atom stereocenters. The first kappa shape index (κ1) is 16.9. The fraction of sp³-hybridized carbons (Fsp3) is 0.462. The van der Waals surface area contributed by atoms with Gasteiger partial charge in [-0.3, -0.25) is 4.79 Å². The van der Waals surface area contributed by atoms with Crippen molar-refractivity contribution in [2.45, 2.75) is 32.2 Å². The molecule has 1 rings (SSSR count). The van der Waals surface area contributed by atoms with Crippen LogP contribution in [0.2, 0.25) is 0 Å². The molecule has 0 aliphatic heterocycles. The van der Waals surface area contributed by atoms with Gasteiger partial charge in [0.15, 0.2) is 0 Å². The van der Waals surface area contributed by atoms with Crippen LogP contribution in [0.1, 0.15) is 25.8 Å². The van der Waals surface area contributed by atoms with Crippen LogP contribution in [-0.2, 0) is 11.2 Å². The summed E-state index contributed by atoms with van der Waals surface area (Å²) < 4.78 is 12.7. The van der Waals surface area contributed by atoms with Gasteiger partial charge in [0, 0.05) is 18.5 Å². The van der Waals surface area contributed by atoms with Crippen molar-refractivity contribution < 1.29 is 9.18 Å². The van der Waals surface area contributed by atoms with Crippen LogP contribution in [0.15, 0.2) is 24.3 Å². The van der Waals surface area contributed by atoms with Gasteiger partial charge in [0.2, 0.25) is 5.91 Å². The predicted molar refractivity (Wildman–Crippen MR) is 73.2 cm³/mol. The van der Waals surface area contributed by atoms with Crippen LogP contribution in [-0.4, -0.2) is 18.0 Å². The summed E-state index contributed by atoms with van der Waals surface area (Å²) in [7, 11) is 0. The Bertz CT molecular complexity index is 379. The number of nitrogens with one attached hydrogen (secondary N) is 1.